The van der Waals surface area contributed by atoms with Crippen LogP contribution in [0.15, 0.2) is 48.7 Å². The van der Waals surface area contributed by atoms with Gasteiger partial charge in [-0.3, -0.25) is 34.3 Å². The largest absolute Gasteiger partial charge is 0.453 e. The van der Waals surface area contributed by atoms with Gasteiger partial charge in [0.05, 0.1) is 33.6 Å². The number of likely N-dealkylation sites (tertiary alicyclic amines) is 1. The topological polar surface area (TPSA) is 182 Å². The first-order valence-electron chi connectivity index (χ1n) is 20.3. The van der Waals surface area contributed by atoms with Gasteiger partial charge in [-0.05, 0) is 67.5 Å². The molecule has 2 spiro atoms. The molecule has 5 heterocycles. The van der Waals surface area contributed by atoms with Crippen LogP contribution in [0.4, 0.5) is 30.8 Å². The van der Waals surface area contributed by atoms with Crippen LogP contribution in [0.3, 0.4) is 0 Å². The minimum absolute atomic E-state index is 0.0987. The first-order chi connectivity index (χ1) is 29.2. The molecule has 0 unspecified atom stereocenters. The highest BCUT2D eigenvalue weighted by atomic mass is 32.2. The Kier molecular flexibility index (Phi) is 9.02. The van der Waals surface area contributed by atoms with E-state index in [9.17, 15) is 23.3 Å². The number of urea groups is 1. The molecule has 3 aliphatic heterocycles. The number of fused-ring (bicyclic) bond motifs is 2. The predicted octanol–water partition coefficient (Wildman–Crippen LogP) is 5.36. The summed E-state index contributed by atoms with van der Waals surface area (Å²) in [5, 5.41) is 17.2. The van der Waals surface area contributed by atoms with Gasteiger partial charge >= 0.3 is 16.2 Å². The number of imide groups is 1. The summed E-state index contributed by atoms with van der Waals surface area (Å²) >= 11 is 0. The van der Waals surface area contributed by atoms with Gasteiger partial charge in [-0.1, -0.05) is 6.92 Å². The zero-order chi connectivity index (χ0) is 42.6. The molecule has 316 valence electrons. The Labute approximate surface area is 350 Å². The lowest BCUT2D eigenvalue weighted by molar-refractivity contribution is -0.140. The smallest absolute Gasteiger partial charge is 0.329 e. The first-order valence-corrected chi connectivity index (χ1v) is 21.8. The Hall–Kier alpha value is -5.97. The standard InChI is InChI=1S/C42H43F2N11O5S/c1-4-51(2)61(58,59)50-31-8-6-29(43)38(28(31)18-45)60-26-5-7-32-33(11-26)47-34(19-46-32)24-14-41(15-24)20-53(21-41)25-16-42(17-25)22-54(23-42)36-13-35-27(12-30(36)44)39(49-52(35)3)55-10-9-37(56)48-40(55)57/h5-8,11-13,19,24-25,50H,4,9-10,14-17,20-23H2,1-3H3,(H,48,56,57). The SMILES string of the molecule is CCN(C)S(=O)(=O)Nc1ccc(F)c(Oc2ccc3ncc(C4CC5(C4)CN(C4CC6(C4)CN(c4cc7c(cc4F)c(N4CCC(=O)NC4=O)nn7C)C6)C5)nc3c2)c1C#N. The lowest BCUT2D eigenvalue weighted by Crippen LogP contribution is -2.72. The third-order valence-corrected chi connectivity index (χ3v) is 14.9. The van der Waals surface area contributed by atoms with E-state index in [1.54, 1.807) is 36.9 Å². The molecular weight excluding hydrogens is 809 g/mol. The van der Waals surface area contributed by atoms with E-state index in [0.717, 1.165) is 73.4 Å². The van der Waals surface area contributed by atoms with E-state index in [1.165, 1.54) is 24.1 Å². The average Bonchev–Trinajstić information content (AvgIpc) is 3.48. The summed E-state index contributed by atoms with van der Waals surface area (Å²) in [5.74, 6) is -1.08. The highest BCUT2D eigenvalue weighted by Crippen LogP contribution is 2.60. The Balaban J connectivity index is 0.740. The maximum absolute atomic E-state index is 15.6. The number of carbonyl (C=O) groups is 2. The zero-order valence-corrected chi connectivity index (χ0v) is 34.6. The second-order valence-electron chi connectivity index (χ2n) is 17.4. The van der Waals surface area contributed by atoms with Crippen molar-refractivity contribution in [1.29, 1.82) is 5.26 Å². The van der Waals surface area contributed by atoms with Crippen LogP contribution in [0.1, 0.15) is 56.2 Å². The Morgan fingerprint density at radius 3 is 2.49 bits per heavy atom. The number of rotatable bonds is 10. The Bertz CT molecular complexity index is 2820. The van der Waals surface area contributed by atoms with E-state index in [1.807, 2.05) is 18.3 Å². The van der Waals surface area contributed by atoms with Crippen LogP contribution < -0.4 is 24.6 Å². The van der Waals surface area contributed by atoms with Crippen LogP contribution in [-0.2, 0) is 22.1 Å². The van der Waals surface area contributed by atoms with Gasteiger partial charge in [0, 0.05) is 94.8 Å². The summed E-state index contributed by atoms with van der Waals surface area (Å²) in [5.41, 5.74) is 3.40. The number of ether oxygens (including phenoxy) is 1. The van der Waals surface area contributed by atoms with Crippen molar-refractivity contribution in [1.82, 2.24) is 34.3 Å². The number of nitriles is 1. The number of carbonyl (C=O) groups excluding carboxylic acids is 2. The fraction of sp³-hybridized carbons (Fsp3) is 0.429. The lowest BCUT2D eigenvalue weighted by atomic mass is 9.54. The van der Waals surface area contributed by atoms with E-state index in [4.69, 9.17) is 9.72 Å². The van der Waals surface area contributed by atoms with Crippen molar-refractivity contribution >= 4 is 61.3 Å². The molecule has 10 rings (SSSR count). The third kappa shape index (κ3) is 6.59. The maximum Gasteiger partial charge on any atom is 0.329 e. The van der Waals surface area contributed by atoms with Gasteiger partial charge in [-0.25, -0.2) is 18.6 Å². The highest BCUT2D eigenvalue weighted by Gasteiger charge is 2.60. The molecular formula is C42H43F2N11O5S. The van der Waals surface area contributed by atoms with E-state index in [2.05, 4.69) is 29.9 Å². The molecule has 19 heteroatoms. The number of hydrogen-bond donors (Lipinski definition) is 2. The number of benzene rings is 3. The van der Waals surface area contributed by atoms with Crippen molar-refractivity contribution in [2.75, 3.05) is 60.8 Å². The van der Waals surface area contributed by atoms with Crippen LogP contribution >= 0.6 is 0 Å². The predicted molar refractivity (Wildman–Crippen MR) is 221 cm³/mol. The van der Waals surface area contributed by atoms with Crippen molar-refractivity contribution in [2.45, 2.75) is 51.0 Å². The Morgan fingerprint density at radius 1 is 1.02 bits per heavy atom. The van der Waals surface area contributed by atoms with Gasteiger partial charge < -0.3 is 9.64 Å². The van der Waals surface area contributed by atoms with Gasteiger partial charge in [-0.15, -0.1) is 0 Å². The van der Waals surface area contributed by atoms with Crippen LogP contribution in [-0.4, -0.2) is 102 Å². The molecule has 5 aliphatic rings. The number of nitrogens with one attached hydrogen (secondary N) is 2. The number of nitrogens with zero attached hydrogens (tertiary/aromatic N) is 9. The van der Waals surface area contributed by atoms with E-state index in [-0.39, 0.29) is 65.0 Å². The molecule has 16 nitrogen and oxygen atoms in total. The number of aryl methyl sites for hydroxylation is 1. The molecule has 61 heavy (non-hydrogen) atoms. The summed E-state index contributed by atoms with van der Waals surface area (Å²) in [6, 6.07) is 12.3. The molecule has 2 N–H and O–H groups in total. The summed E-state index contributed by atoms with van der Waals surface area (Å²) < 4.78 is 66.9. The molecule has 0 bridgehead atoms. The van der Waals surface area contributed by atoms with Crippen molar-refractivity contribution in [3.05, 3.63) is 71.6 Å². The zero-order valence-electron chi connectivity index (χ0n) is 33.8. The Morgan fingerprint density at radius 2 is 1.77 bits per heavy atom. The van der Waals surface area contributed by atoms with Gasteiger partial charge in [0.2, 0.25) is 5.91 Å². The second kappa shape index (κ2) is 14.0. The molecule has 3 aromatic carbocycles. The van der Waals surface area contributed by atoms with Crippen molar-refractivity contribution in [3.63, 3.8) is 0 Å². The molecule has 0 atom stereocenters. The quantitative estimate of drug-likeness (QED) is 0.185. The van der Waals surface area contributed by atoms with Gasteiger partial charge in [0.15, 0.2) is 17.4 Å². The normalized spacial score (nSPS) is 21.0. The minimum atomic E-state index is -3.97. The second-order valence-corrected chi connectivity index (χ2v) is 19.2. The monoisotopic (exact) mass is 851 g/mol. The average molecular weight is 852 g/mol. The molecule has 2 saturated carbocycles. The summed E-state index contributed by atoms with van der Waals surface area (Å²) in [7, 11) is -0.812. The van der Waals surface area contributed by atoms with Gasteiger partial charge in [0.25, 0.3) is 0 Å². The van der Waals surface area contributed by atoms with Gasteiger partial charge in [0.1, 0.15) is 23.2 Å². The number of aromatic nitrogens is 4. The fourth-order valence-corrected chi connectivity index (χ4v) is 10.9. The molecule has 2 aliphatic carbocycles. The number of halogens is 2. The van der Waals surface area contributed by atoms with E-state index >= 15 is 8.78 Å². The summed E-state index contributed by atoms with van der Waals surface area (Å²) in [6.45, 7) is 5.72. The number of amides is 3. The van der Waals surface area contributed by atoms with Gasteiger partial charge in [-0.2, -0.15) is 23.1 Å². The van der Waals surface area contributed by atoms with Crippen LogP contribution in [0.5, 0.6) is 11.5 Å². The molecule has 3 amide bonds. The maximum atomic E-state index is 15.6. The van der Waals surface area contributed by atoms with Crippen molar-refractivity contribution < 1.29 is 31.5 Å². The van der Waals surface area contributed by atoms with E-state index in [0.29, 0.717) is 34.0 Å². The molecule has 3 saturated heterocycles. The molecule has 2 aromatic heterocycles. The highest BCUT2D eigenvalue weighted by molar-refractivity contribution is 7.90. The number of hydrogen-bond acceptors (Lipinski definition) is 11. The van der Waals surface area contributed by atoms with Crippen LogP contribution in [0.2, 0.25) is 0 Å². The third-order valence-electron chi connectivity index (χ3n) is 13.4. The molecule has 5 fully saturated rings. The van der Waals surface area contributed by atoms with Crippen molar-refractivity contribution in [3.8, 4) is 17.6 Å². The lowest BCUT2D eigenvalue weighted by Gasteiger charge is -2.67. The molecule has 5 aromatic rings. The van der Waals surface area contributed by atoms with Crippen molar-refractivity contribution in [2.24, 2.45) is 17.9 Å². The number of anilines is 3. The minimum Gasteiger partial charge on any atom is -0.453 e. The first kappa shape index (κ1) is 39.2. The fourth-order valence-electron chi connectivity index (χ4n) is 10.00. The van der Waals surface area contributed by atoms with Crippen LogP contribution in [0.25, 0.3) is 21.9 Å². The summed E-state index contributed by atoms with van der Waals surface area (Å²) in [6.07, 6.45) is 6.17. The molecule has 0 radical (unpaired) electrons. The van der Waals surface area contributed by atoms with E-state index < -0.39 is 27.8 Å². The summed E-state index contributed by atoms with van der Waals surface area (Å²) in [4.78, 5) is 39.8. The van der Waals surface area contributed by atoms with Crippen LogP contribution in [0, 0.1) is 33.8 Å².